The quantitative estimate of drug-likeness (QED) is 0.0666. The second kappa shape index (κ2) is 34.1. The zero-order valence-corrected chi connectivity index (χ0v) is 50.7. The van der Waals surface area contributed by atoms with Gasteiger partial charge in [0.05, 0.1) is 48.6 Å². The predicted molar refractivity (Wildman–Crippen MR) is 328 cm³/mol. The largest absolute Gasteiger partial charge is 0.380 e. The molecule has 0 saturated heterocycles. The molecule has 4 saturated carbocycles. The van der Waals surface area contributed by atoms with Crippen molar-refractivity contribution < 1.29 is 38.1 Å². The zero-order chi connectivity index (χ0) is 58.1. The van der Waals surface area contributed by atoms with E-state index in [-0.39, 0.29) is 72.3 Å². The number of rotatable bonds is 20. The Kier molecular flexibility index (Phi) is 27.9. The van der Waals surface area contributed by atoms with Gasteiger partial charge in [-0.25, -0.2) is 0 Å². The van der Waals surface area contributed by atoms with E-state index in [1.165, 1.54) is 22.3 Å². The molecule has 12 atom stereocenters. The van der Waals surface area contributed by atoms with Crippen LogP contribution in [0.5, 0.6) is 0 Å². The molecule has 80 heavy (non-hydrogen) atoms. The van der Waals surface area contributed by atoms with Crippen LogP contribution < -0.4 is 21.3 Å². The van der Waals surface area contributed by atoms with E-state index in [1.807, 2.05) is 27.7 Å². The Hall–Kier alpha value is -5.40. The lowest BCUT2D eigenvalue weighted by Crippen LogP contribution is -2.44. The molecule has 8 rings (SSSR count). The number of ether oxygens (including phenoxy) is 4. The molecule has 4 aromatic rings. The van der Waals surface area contributed by atoms with Crippen LogP contribution in [0.2, 0.25) is 0 Å². The highest BCUT2D eigenvalue weighted by atomic mass is 16.5. The van der Waals surface area contributed by atoms with Gasteiger partial charge in [-0.2, -0.15) is 0 Å². The van der Waals surface area contributed by atoms with E-state index in [4.69, 9.17) is 18.9 Å². The maximum Gasteiger partial charge on any atom is 0.138 e. The van der Waals surface area contributed by atoms with Crippen molar-refractivity contribution >= 4 is 45.9 Å². The zero-order valence-electron chi connectivity index (χ0n) is 50.7. The van der Waals surface area contributed by atoms with Gasteiger partial charge in [-0.3, -0.25) is 19.2 Å². The van der Waals surface area contributed by atoms with Gasteiger partial charge in [0.2, 0.25) is 0 Å². The maximum atomic E-state index is 12.2. The average Bonchev–Trinajstić information content (AvgIpc) is 3.47. The van der Waals surface area contributed by atoms with Crippen molar-refractivity contribution in [3.05, 3.63) is 119 Å². The van der Waals surface area contributed by atoms with Crippen molar-refractivity contribution in [3.63, 3.8) is 0 Å². The molecule has 0 radical (unpaired) electrons. The second-order valence-corrected chi connectivity index (χ2v) is 23.2. The van der Waals surface area contributed by atoms with Crippen LogP contribution in [0, 0.1) is 51.4 Å². The number of hydrogen-bond donors (Lipinski definition) is 4. The topological polar surface area (TPSA) is 153 Å². The summed E-state index contributed by atoms with van der Waals surface area (Å²) in [5.74, 6) is 1.80. The summed E-state index contributed by atoms with van der Waals surface area (Å²) in [7, 11) is 6.84. The SMILES string of the molecule is COC(C)[C@@H](Nc1ccc(C)cc1)[C@@H]1CCCCC1=O.COC(C)[C@@H](Nc1ccc(C)cc1)[C@H]1CCCCC1=O.COC(C)[C@H](Nc1ccc(C)cc1)[C@@H]1CCCCC1=O.COC(C)[C@H](Nc1ccc(C)cc1)[C@H]1CCCCC1=O. The number of carbonyl (C=O) groups excluding carboxylic acids is 4. The summed E-state index contributed by atoms with van der Waals surface area (Å²) in [6, 6.07) is 33.4. The maximum absolute atomic E-state index is 12.2. The molecule has 12 heteroatoms. The van der Waals surface area contributed by atoms with Crippen LogP contribution in [-0.4, -0.2) is 100 Å². The molecule has 4 fully saturated rings. The third-order valence-corrected chi connectivity index (χ3v) is 17.2. The van der Waals surface area contributed by atoms with E-state index in [0.29, 0.717) is 48.8 Å². The van der Waals surface area contributed by atoms with Crippen LogP contribution in [0.1, 0.15) is 153 Å². The summed E-state index contributed by atoms with van der Waals surface area (Å²) >= 11 is 0. The third kappa shape index (κ3) is 20.5. The minimum atomic E-state index is 0.0170. The van der Waals surface area contributed by atoms with Gasteiger partial charge in [-0.15, -0.1) is 0 Å². The molecule has 4 aliphatic carbocycles. The molecule has 0 aliphatic heterocycles. The molecule has 0 spiro atoms. The van der Waals surface area contributed by atoms with Crippen molar-refractivity contribution in [2.45, 2.75) is 207 Å². The van der Waals surface area contributed by atoms with E-state index in [9.17, 15) is 19.2 Å². The first-order valence-electron chi connectivity index (χ1n) is 30.0. The fourth-order valence-electron chi connectivity index (χ4n) is 11.7. The lowest BCUT2D eigenvalue weighted by Gasteiger charge is -2.34. The van der Waals surface area contributed by atoms with Crippen molar-refractivity contribution in [2.24, 2.45) is 23.7 Å². The Morgan fingerprint density at radius 3 is 0.637 bits per heavy atom. The smallest absolute Gasteiger partial charge is 0.138 e. The molecule has 12 nitrogen and oxygen atoms in total. The standard InChI is InChI=1S/4C17H25NO2/c4*1-12-8-10-14(11-9-12)18-17(13(2)20-3)15-6-4-5-7-16(15)19/h4*8-11,13,15,17-18H,4-7H2,1-3H3/t2*13?,15-,17+;2*13?,15-,17-/m1010/s1. The van der Waals surface area contributed by atoms with Crippen molar-refractivity contribution in [1.29, 1.82) is 0 Å². The number of nitrogens with one attached hydrogen (secondary N) is 4. The molecule has 0 aromatic heterocycles. The average molecular weight is 1100 g/mol. The first-order valence-corrected chi connectivity index (χ1v) is 30.0. The molecule has 0 amide bonds. The molecule has 0 bridgehead atoms. The van der Waals surface area contributed by atoms with Crippen molar-refractivity contribution in [3.8, 4) is 0 Å². The Labute approximate surface area is 481 Å². The summed E-state index contributed by atoms with van der Waals surface area (Å²) in [5.41, 5.74) is 9.18. The highest BCUT2D eigenvalue weighted by Gasteiger charge is 2.37. The first-order chi connectivity index (χ1) is 38.5. The van der Waals surface area contributed by atoms with Crippen LogP contribution in [-0.2, 0) is 38.1 Å². The molecule has 0 heterocycles. The summed E-state index contributed by atoms with van der Waals surface area (Å²) in [6.07, 6.45) is 15.5. The van der Waals surface area contributed by atoms with Gasteiger partial charge in [0, 0.05) is 101 Å². The van der Waals surface area contributed by atoms with Gasteiger partial charge < -0.3 is 40.2 Å². The van der Waals surface area contributed by atoms with Gasteiger partial charge in [-0.1, -0.05) is 96.5 Å². The van der Waals surface area contributed by atoms with Crippen LogP contribution >= 0.6 is 0 Å². The van der Waals surface area contributed by atoms with Crippen LogP contribution in [0.3, 0.4) is 0 Å². The second-order valence-electron chi connectivity index (χ2n) is 23.2. The Bertz CT molecular complexity index is 2110. The highest BCUT2D eigenvalue weighted by molar-refractivity contribution is 5.84. The van der Waals surface area contributed by atoms with E-state index >= 15 is 0 Å². The highest BCUT2D eigenvalue weighted by Crippen LogP contribution is 2.32. The molecule has 4 N–H and O–H groups in total. The number of anilines is 4. The van der Waals surface area contributed by atoms with Crippen LogP contribution in [0.25, 0.3) is 0 Å². The monoisotopic (exact) mass is 1100 g/mol. The van der Waals surface area contributed by atoms with E-state index in [2.05, 4.69) is 146 Å². The number of methoxy groups -OCH3 is 4. The number of aryl methyl sites for hydroxylation is 4. The van der Waals surface area contributed by atoms with Crippen LogP contribution in [0.15, 0.2) is 97.1 Å². The summed E-state index contributed by atoms with van der Waals surface area (Å²) in [5, 5.41) is 14.0. The van der Waals surface area contributed by atoms with Crippen molar-refractivity contribution in [1.82, 2.24) is 0 Å². The van der Waals surface area contributed by atoms with E-state index in [0.717, 1.165) is 99.8 Å². The Balaban J connectivity index is 0.000000196. The van der Waals surface area contributed by atoms with Gasteiger partial charge in [0.1, 0.15) is 23.1 Å². The summed E-state index contributed by atoms with van der Waals surface area (Å²) < 4.78 is 22.0. The predicted octanol–water partition coefficient (Wildman–Crippen LogP) is 14.3. The van der Waals surface area contributed by atoms with Gasteiger partial charge in [0.15, 0.2) is 0 Å². The van der Waals surface area contributed by atoms with E-state index < -0.39 is 0 Å². The molecular weight excluding hydrogens is 1000 g/mol. The Morgan fingerprint density at radius 1 is 0.312 bits per heavy atom. The van der Waals surface area contributed by atoms with Gasteiger partial charge in [-0.05, 0) is 155 Å². The first kappa shape index (κ1) is 65.4. The molecule has 4 aromatic carbocycles. The lowest BCUT2D eigenvalue weighted by atomic mass is 9.81. The fraction of sp³-hybridized carbons (Fsp3) is 0.588. The normalized spacial score (nSPS) is 22.4. The lowest BCUT2D eigenvalue weighted by molar-refractivity contribution is -0.126. The summed E-state index contributed by atoms with van der Waals surface area (Å²) in [6.45, 7) is 16.4. The van der Waals surface area contributed by atoms with Crippen LogP contribution in [0.4, 0.5) is 22.7 Å². The van der Waals surface area contributed by atoms with E-state index in [1.54, 1.807) is 28.4 Å². The Morgan fingerprint density at radius 2 is 0.487 bits per heavy atom. The molecule has 4 aliphatic rings. The number of benzene rings is 4. The third-order valence-electron chi connectivity index (χ3n) is 17.2. The fourth-order valence-corrected chi connectivity index (χ4v) is 11.7. The molecule has 4 unspecified atom stereocenters. The number of ketones is 4. The molecule has 440 valence electrons. The van der Waals surface area contributed by atoms with Crippen molar-refractivity contribution in [2.75, 3.05) is 49.7 Å². The van der Waals surface area contributed by atoms with Gasteiger partial charge >= 0.3 is 0 Å². The molecular formula is C68H100N4O8. The number of Topliss-reactive ketones (excluding diaryl/α,β-unsaturated/α-hetero) is 4. The number of hydrogen-bond acceptors (Lipinski definition) is 12. The van der Waals surface area contributed by atoms with Gasteiger partial charge in [0.25, 0.3) is 0 Å². The number of carbonyl (C=O) groups is 4. The minimum Gasteiger partial charge on any atom is -0.380 e. The summed E-state index contributed by atoms with van der Waals surface area (Å²) in [4.78, 5) is 48.8. The minimum absolute atomic E-state index is 0.0170.